The maximum atomic E-state index is 12.0. The van der Waals surface area contributed by atoms with Crippen LogP contribution in [0.5, 0.6) is 0 Å². The molecule has 0 saturated carbocycles. The van der Waals surface area contributed by atoms with Crippen molar-refractivity contribution in [1.29, 1.82) is 0 Å². The van der Waals surface area contributed by atoms with Crippen LogP contribution in [0.3, 0.4) is 0 Å². The Hall–Kier alpha value is -1.96. The molecule has 1 aliphatic heterocycles. The highest BCUT2D eigenvalue weighted by atomic mass is 32.1. The Morgan fingerprint density at radius 1 is 1.38 bits per heavy atom. The largest absolute Gasteiger partial charge is 0.328 e. The van der Waals surface area contributed by atoms with Crippen LogP contribution in [-0.4, -0.2) is 35.5 Å². The Labute approximate surface area is 146 Å². The molecule has 3 N–H and O–H groups in total. The Morgan fingerprint density at radius 2 is 2.21 bits per heavy atom. The van der Waals surface area contributed by atoms with Crippen LogP contribution in [0.4, 0.5) is 9.93 Å². The van der Waals surface area contributed by atoms with E-state index in [9.17, 15) is 4.79 Å². The number of nitrogens with zero attached hydrogens (tertiary/aromatic N) is 2. The zero-order valence-electron chi connectivity index (χ0n) is 13.7. The van der Waals surface area contributed by atoms with Gasteiger partial charge in [0.25, 0.3) is 0 Å². The van der Waals surface area contributed by atoms with Crippen molar-refractivity contribution in [2.24, 2.45) is 0 Å². The molecular formula is C17H23N5OS. The van der Waals surface area contributed by atoms with E-state index in [4.69, 9.17) is 0 Å². The number of nitrogens with one attached hydrogen (secondary N) is 3. The van der Waals surface area contributed by atoms with Crippen LogP contribution in [0.25, 0.3) is 0 Å². The fraction of sp³-hybridized carbons (Fsp3) is 0.412. The van der Waals surface area contributed by atoms with Crippen LogP contribution in [0.1, 0.15) is 30.9 Å². The number of amides is 2. The van der Waals surface area contributed by atoms with E-state index in [1.807, 2.05) is 18.5 Å². The van der Waals surface area contributed by atoms with Gasteiger partial charge >= 0.3 is 6.03 Å². The lowest BCUT2D eigenvalue weighted by atomic mass is 10.00. The predicted octanol–water partition coefficient (Wildman–Crippen LogP) is 2.99. The number of anilines is 1. The number of carbonyl (C=O) groups is 1. The van der Waals surface area contributed by atoms with Crippen molar-refractivity contribution >= 4 is 22.5 Å². The van der Waals surface area contributed by atoms with Gasteiger partial charge < -0.3 is 4.90 Å². The van der Waals surface area contributed by atoms with Gasteiger partial charge in [0.05, 0.1) is 0 Å². The van der Waals surface area contributed by atoms with Gasteiger partial charge in [0, 0.05) is 37.3 Å². The standard InChI is InChI=1S/C17H23N5OS/c1-22(17(23)19-16-18-9-11-24-16)10-5-8-14-12-15(21-20-14)13-6-3-2-4-7-13/h2-4,6-7,9,11,14-15,20-21H,5,8,10,12H2,1H3,(H,18,19,23). The Bertz CT molecular complexity index is 634. The molecule has 2 heterocycles. The molecule has 3 rings (SSSR count). The minimum atomic E-state index is -0.107. The molecule has 2 aromatic rings. The van der Waals surface area contributed by atoms with E-state index < -0.39 is 0 Å². The number of hydrazine groups is 1. The number of carbonyl (C=O) groups excluding carboxylic acids is 1. The third kappa shape index (κ3) is 4.53. The highest BCUT2D eigenvalue weighted by Gasteiger charge is 2.24. The molecule has 1 aliphatic rings. The fourth-order valence-corrected chi connectivity index (χ4v) is 3.38. The zero-order chi connectivity index (χ0) is 16.8. The first-order chi connectivity index (χ1) is 11.7. The summed E-state index contributed by atoms with van der Waals surface area (Å²) in [5, 5.41) is 5.28. The molecule has 0 spiro atoms. The van der Waals surface area contributed by atoms with E-state index in [0.717, 1.165) is 25.8 Å². The monoisotopic (exact) mass is 345 g/mol. The molecule has 2 amide bonds. The molecule has 24 heavy (non-hydrogen) atoms. The second-order valence-electron chi connectivity index (χ2n) is 6.02. The maximum absolute atomic E-state index is 12.0. The summed E-state index contributed by atoms with van der Waals surface area (Å²) in [7, 11) is 1.82. The molecule has 7 heteroatoms. The van der Waals surface area contributed by atoms with Gasteiger partial charge in [-0.05, 0) is 24.8 Å². The quantitative estimate of drug-likeness (QED) is 0.753. The van der Waals surface area contributed by atoms with Crippen LogP contribution in [0.2, 0.25) is 0 Å². The van der Waals surface area contributed by atoms with Crippen molar-refractivity contribution in [2.75, 3.05) is 18.9 Å². The fourth-order valence-electron chi connectivity index (χ4n) is 2.86. The summed E-state index contributed by atoms with van der Waals surface area (Å²) in [5.41, 5.74) is 8.04. The van der Waals surface area contributed by atoms with Crippen molar-refractivity contribution < 1.29 is 4.79 Å². The third-order valence-electron chi connectivity index (χ3n) is 4.22. The summed E-state index contributed by atoms with van der Waals surface area (Å²) < 4.78 is 0. The van der Waals surface area contributed by atoms with Crippen molar-refractivity contribution in [1.82, 2.24) is 20.7 Å². The molecule has 128 valence electrons. The number of benzene rings is 1. The van der Waals surface area contributed by atoms with Crippen LogP contribution in [0, 0.1) is 0 Å². The minimum absolute atomic E-state index is 0.107. The highest BCUT2D eigenvalue weighted by Crippen LogP contribution is 2.23. The van der Waals surface area contributed by atoms with Crippen molar-refractivity contribution in [3.63, 3.8) is 0 Å². The highest BCUT2D eigenvalue weighted by molar-refractivity contribution is 7.13. The lowest BCUT2D eigenvalue weighted by molar-refractivity contribution is 0.221. The number of hydrogen-bond donors (Lipinski definition) is 3. The second-order valence-corrected chi connectivity index (χ2v) is 6.91. The first-order valence-corrected chi connectivity index (χ1v) is 9.08. The average Bonchev–Trinajstić information content (AvgIpc) is 3.27. The van der Waals surface area contributed by atoms with E-state index in [1.54, 1.807) is 11.1 Å². The molecule has 0 aliphatic carbocycles. The molecule has 1 aromatic heterocycles. The first-order valence-electron chi connectivity index (χ1n) is 8.20. The Morgan fingerprint density at radius 3 is 2.96 bits per heavy atom. The summed E-state index contributed by atoms with van der Waals surface area (Å²) in [6, 6.07) is 11.2. The molecule has 0 radical (unpaired) electrons. The smallest absolute Gasteiger partial charge is 0.323 e. The summed E-state index contributed by atoms with van der Waals surface area (Å²) in [5.74, 6) is 0. The number of hydrogen-bond acceptors (Lipinski definition) is 5. The molecule has 1 fully saturated rings. The van der Waals surface area contributed by atoms with Gasteiger partial charge in [0.15, 0.2) is 5.13 Å². The van der Waals surface area contributed by atoms with E-state index in [1.165, 1.54) is 16.9 Å². The summed E-state index contributed by atoms with van der Waals surface area (Å²) in [6.45, 7) is 0.728. The number of rotatable bonds is 6. The van der Waals surface area contributed by atoms with Gasteiger partial charge in [-0.1, -0.05) is 30.3 Å². The minimum Gasteiger partial charge on any atom is -0.328 e. The van der Waals surface area contributed by atoms with Gasteiger partial charge in [-0.25, -0.2) is 9.78 Å². The molecule has 2 unspecified atom stereocenters. The maximum Gasteiger partial charge on any atom is 0.323 e. The number of aromatic nitrogens is 1. The van der Waals surface area contributed by atoms with Gasteiger partial charge in [0.2, 0.25) is 0 Å². The zero-order valence-corrected chi connectivity index (χ0v) is 14.6. The van der Waals surface area contributed by atoms with E-state index >= 15 is 0 Å². The van der Waals surface area contributed by atoms with Crippen LogP contribution >= 0.6 is 11.3 Å². The molecule has 0 bridgehead atoms. The summed E-state index contributed by atoms with van der Waals surface area (Å²) >= 11 is 1.42. The molecule has 2 atom stereocenters. The van der Waals surface area contributed by atoms with Crippen molar-refractivity contribution in [3.8, 4) is 0 Å². The Balaban J connectivity index is 1.37. The molecular weight excluding hydrogens is 322 g/mol. The predicted molar refractivity (Wildman–Crippen MR) is 96.9 cm³/mol. The van der Waals surface area contributed by atoms with E-state index in [0.29, 0.717) is 17.2 Å². The van der Waals surface area contributed by atoms with E-state index in [2.05, 4.69) is 45.4 Å². The molecule has 1 saturated heterocycles. The van der Waals surface area contributed by atoms with Crippen LogP contribution in [-0.2, 0) is 0 Å². The van der Waals surface area contributed by atoms with Crippen molar-refractivity contribution in [2.45, 2.75) is 31.3 Å². The van der Waals surface area contributed by atoms with Gasteiger partial charge in [-0.15, -0.1) is 11.3 Å². The normalized spacial score (nSPS) is 20.0. The number of urea groups is 1. The topological polar surface area (TPSA) is 69.3 Å². The van der Waals surface area contributed by atoms with Crippen molar-refractivity contribution in [3.05, 3.63) is 47.5 Å². The summed E-state index contributed by atoms with van der Waals surface area (Å²) in [4.78, 5) is 17.8. The SMILES string of the molecule is CN(CCCC1CC(c2ccccc2)NN1)C(=O)Nc1nccs1. The van der Waals surface area contributed by atoms with Crippen LogP contribution < -0.4 is 16.2 Å². The molecule has 6 nitrogen and oxygen atoms in total. The Kier molecular flexibility index (Phi) is 5.79. The lowest BCUT2D eigenvalue weighted by Crippen LogP contribution is -2.34. The average molecular weight is 345 g/mol. The summed E-state index contributed by atoms with van der Waals surface area (Å²) in [6.07, 6.45) is 4.75. The number of thiazole rings is 1. The van der Waals surface area contributed by atoms with E-state index in [-0.39, 0.29) is 6.03 Å². The van der Waals surface area contributed by atoms with Crippen LogP contribution in [0.15, 0.2) is 41.9 Å². The van der Waals surface area contributed by atoms with Gasteiger partial charge in [0.1, 0.15) is 0 Å². The van der Waals surface area contributed by atoms with Gasteiger partial charge in [-0.3, -0.25) is 16.2 Å². The third-order valence-corrected chi connectivity index (χ3v) is 4.91. The first kappa shape index (κ1) is 16.9. The second kappa shape index (κ2) is 8.23. The lowest BCUT2D eigenvalue weighted by Gasteiger charge is -2.18. The molecule has 1 aromatic carbocycles. The van der Waals surface area contributed by atoms with Gasteiger partial charge in [-0.2, -0.15) is 0 Å².